The fourth-order valence-corrected chi connectivity index (χ4v) is 2.11. The Morgan fingerprint density at radius 2 is 1.58 bits per heavy atom. The molecule has 2 rings (SSSR count). The maximum atomic E-state index is 12.7. The highest BCUT2D eigenvalue weighted by atomic mass is 16.5. The van der Waals surface area contributed by atoms with Gasteiger partial charge in [0.15, 0.2) is 5.78 Å². The molecule has 0 bridgehead atoms. The number of esters is 1. The number of Topliss-reactive ketones (excluding diaryl/α,β-unsaturated/α-hetero) is 1. The molecule has 0 amide bonds. The van der Waals surface area contributed by atoms with Crippen LogP contribution in [0.15, 0.2) is 60.2 Å². The molecule has 0 aliphatic heterocycles. The van der Waals surface area contributed by atoms with E-state index in [0.717, 1.165) is 5.56 Å². The van der Waals surface area contributed by atoms with Crippen LogP contribution in [0.25, 0.3) is 6.08 Å². The Kier molecular flexibility index (Phi) is 5.90. The van der Waals surface area contributed by atoms with Gasteiger partial charge in [0.05, 0.1) is 13.2 Å². The maximum Gasteiger partial charge on any atom is 0.342 e. The van der Waals surface area contributed by atoms with Crippen molar-refractivity contribution in [3.05, 3.63) is 71.3 Å². The van der Waals surface area contributed by atoms with Crippen molar-refractivity contribution in [1.82, 2.24) is 0 Å². The molecule has 124 valence electrons. The van der Waals surface area contributed by atoms with Crippen LogP contribution in [0.3, 0.4) is 0 Å². The van der Waals surface area contributed by atoms with Gasteiger partial charge in [0.25, 0.3) is 0 Å². The first-order valence-corrected chi connectivity index (χ1v) is 7.67. The van der Waals surface area contributed by atoms with Crippen molar-refractivity contribution in [2.24, 2.45) is 0 Å². The van der Waals surface area contributed by atoms with Crippen molar-refractivity contribution in [2.45, 2.75) is 20.0 Å². The van der Waals surface area contributed by atoms with E-state index in [9.17, 15) is 9.59 Å². The van der Waals surface area contributed by atoms with Gasteiger partial charge in [0.2, 0.25) is 0 Å². The van der Waals surface area contributed by atoms with Crippen molar-refractivity contribution in [2.75, 3.05) is 7.11 Å². The number of benzene rings is 2. The predicted molar refractivity (Wildman–Crippen MR) is 93.0 cm³/mol. The van der Waals surface area contributed by atoms with Gasteiger partial charge in [-0.15, -0.1) is 0 Å². The monoisotopic (exact) mass is 324 g/mol. The lowest BCUT2D eigenvalue weighted by Crippen LogP contribution is -2.19. The summed E-state index contributed by atoms with van der Waals surface area (Å²) >= 11 is 0. The van der Waals surface area contributed by atoms with Crippen molar-refractivity contribution < 1.29 is 19.1 Å². The third-order valence-corrected chi connectivity index (χ3v) is 3.27. The van der Waals surface area contributed by atoms with E-state index in [1.165, 1.54) is 0 Å². The molecule has 0 unspecified atom stereocenters. The number of rotatable bonds is 6. The number of ether oxygens (including phenoxy) is 2. The molecule has 0 radical (unpaired) electrons. The van der Waals surface area contributed by atoms with Gasteiger partial charge in [0.1, 0.15) is 11.3 Å². The Morgan fingerprint density at radius 3 is 2.12 bits per heavy atom. The summed E-state index contributed by atoms with van der Waals surface area (Å²) < 4.78 is 10.3. The van der Waals surface area contributed by atoms with Crippen LogP contribution >= 0.6 is 0 Å². The molecular formula is C20H20O4. The highest BCUT2D eigenvalue weighted by Crippen LogP contribution is 2.18. The molecule has 0 heterocycles. The molecule has 0 spiro atoms. The lowest BCUT2D eigenvalue weighted by Gasteiger charge is -2.11. The quantitative estimate of drug-likeness (QED) is 0.266. The first-order valence-electron chi connectivity index (χ1n) is 7.67. The average Bonchev–Trinajstić information content (AvgIpc) is 2.59. The summed E-state index contributed by atoms with van der Waals surface area (Å²) in [5.74, 6) is -0.292. The zero-order valence-electron chi connectivity index (χ0n) is 14.0. The van der Waals surface area contributed by atoms with E-state index in [1.807, 2.05) is 6.07 Å². The summed E-state index contributed by atoms with van der Waals surface area (Å²) in [4.78, 5) is 25.1. The fraction of sp³-hybridized carbons (Fsp3) is 0.200. The Balaban J connectivity index is 2.39. The largest absolute Gasteiger partial charge is 0.497 e. The molecule has 0 aliphatic rings. The smallest absolute Gasteiger partial charge is 0.342 e. The van der Waals surface area contributed by atoms with Gasteiger partial charge in [-0.1, -0.05) is 42.5 Å². The number of hydrogen-bond acceptors (Lipinski definition) is 4. The minimum Gasteiger partial charge on any atom is -0.497 e. The third-order valence-electron chi connectivity index (χ3n) is 3.27. The summed E-state index contributed by atoms with van der Waals surface area (Å²) in [6.07, 6.45) is 1.24. The van der Waals surface area contributed by atoms with Gasteiger partial charge in [-0.2, -0.15) is 0 Å². The van der Waals surface area contributed by atoms with Crippen LogP contribution in [0.5, 0.6) is 5.75 Å². The van der Waals surface area contributed by atoms with Gasteiger partial charge < -0.3 is 9.47 Å². The van der Waals surface area contributed by atoms with Gasteiger partial charge in [0, 0.05) is 5.56 Å². The lowest BCUT2D eigenvalue weighted by atomic mass is 10.0. The third kappa shape index (κ3) is 4.56. The normalized spacial score (nSPS) is 11.2. The average molecular weight is 324 g/mol. The molecule has 0 atom stereocenters. The van der Waals surface area contributed by atoms with Crippen molar-refractivity contribution in [3.63, 3.8) is 0 Å². The number of hydrogen-bond donors (Lipinski definition) is 0. The van der Waals surface area contributed by atoms with Gasteiger partial charge >= 0.3 is 5.97 Å². The maximum absolute atomic E-state index is 12.7. The molecule has 0 fully saturated rings. The molecule has 24 heavy (non-hydrogen) atoms. The molecular weight excluding hydrogens is 304 g/mol. The van der Waals surface area contributed by atoms with E-state index in [-0.39, 0.29) is 17.5 Å². The highest BCUT2D eigenvalue weighted by molar-refractivity contribution is 6.26. The zero-order valence-corrected chi connectivity index (χ0v) is 14.0. The standard InChI is InChI=1S/C20H20O4/c1-14(2)24-20(22)18(19(21)16-7-5-4-6-8-16)13-15-9-11-17(23-3)12-10-15/h4-14H,1-3H3/b18-13+. The van der Waals surface area contributed by atoms with Crippen LogP contribution < -0.4 is 4.74 Å². The summed E-state index contributed by atoms with van der Waals surface area (Å²) in [6.45, 7) is 3.49. The topological polar surface area (TPSA) is 52.6 Å². The molecule has 2 aromatic rings. The molecule has 4 heteroatoms. The van der Waals surface area contributed by atoms with E-state index >= 15 is 0 Å². The number of ketones is 1. The van der Waals surface area contributed by atoms with E-state index in [1.54, 1.807) is 75.6 Å². The number of carbonyl (C=O) groups excluding carboxylic acids is 2. The molecule has 0 N–H and O–H groups in total. The van der Waals surface area contributed by atoms with Crippen LogP contribution in [0.4, 0.5) is 0 Å². The second-order valence-electron chi connectivity index (χ2n) is 5.48. The Bertz CT molecular complexity index is 728. The first kappa shape index (κ1) is 17.5. The second kappa shape index (κ2) is 8.11. The Labute approximate surface area is 141 Å². The van der Waals surface area contributed by atoms with Crippen LogP contribution in [0.2, 0.25) is 0 Å². The highest BCUT2D eigenvalue weighted by Gasteiger charge is 2.22. The van der Waals surface area contributed by atoms with Crippen LogP contribution in [-0.4, -0.2) is 25.0 Å². The fourth-order valence-electron chi connectivity index (χ4n) is 2.11. The van der Waals surface area contributed by atoms with Gasteiger partial charge in [-0.3, -0.25) is 4.79 Å². The van der Waals surface area contributed by atoms with Crippen LogP contribution in [-0.2, 0) is 9.53 Å². The summed E-state index contributed by atoms with van der Waals surface area (Å²) in [5, 5.41) is 0. The molecule has 0 aliphatic carbocycles. The SMILES string of the molecule is COc1ccc(/C=C(/C(=O)OC(C)C)C(=O)c2ccccc2)cc1. The molecule has 4 nitrogen and oxygen atoms in total. The molecule has 2 aromatic carbocycles. The molecule has 0 saturated heterocycles. The van der Waals surface area contributed by atoms with Gasteiger partial charge in [-0.25, -0.2) is 4.79 Å². The minimum atomic E-state index is -0.630. The van der Waals surface area contributed by atoms with E-state index < -0.39 is 5.97 Å². The summed E-state index contributed by atoms with van der Waals surface area (Å²) in [5.41, 5.74) is 1.16. The number of carbonyl (C=O) groups is 2. The van der Waals surface area contributed by atoms with E-state index in [0.29, 0.717) is 11.3 Å². The van der Waals surface area contributed by atoms with E-state index in [2.05, 4.69) is 0 Å². The zero-order chi connectivity index (χ0) is 17.5. The number of methoxy groups -OCH3 is 1. The lowest BCUT2D eigenvalue weighted by molar-refractivity contribution is -0.142. The van der Waals surface area contributed by atoms with Gasteiger partial charge in [-0.05, 0) is 37.6 Å². The van der Waals surface area contributed by atoms with Crippen molar-refractivity contribution in [3.8, 4) is 5.75 Å². The second-order valence-corrected chi connectivity index (χ2v) is 5.48. The van der Waals surface area contributed by atoms with E-state index in [4.69, 9.17) is 9.47 Å². The summed E-state index contributed by atoms with van der Waals surface area (Å²) in [6, 6.07) is 15.8. The summed E-state index contributed by atoms with van der Waals surface area (Å²) in [7, 11) is 1.58. The van der Waals surface area contributed by atoms with Crippen molar-refractivity contribution in [1.29, 1.82) is 0 Å². The van der Waals surface area contributed by atoms with Crippen LogP contribution in [0.1, 0.15) is 29.8 Å². The first-order chi connectivity index (χ1) is 11.5. The Morgan fingerprint density at radius 1 is 0.958 bits per heavy atom. The Hall–Kier alpha value is -2.88. The molecule has 0 saturated carbocycles. The van der Waals surface area contributed by atoms with Crippen LogP contribution in [0, 0.1) is 0 Å². The minimum absolute atomic E-state index is 0.0000619. The predicted octanol–water partition coefficient (Wildman–Crippen LogP) is 3.91. The molecule has 0 aromatic heterocycles. The van der Waals surface area contributed by atoms with Crippen molar-refractivity contribution >= 4 is 17.8 Å².